The molecule has 0 aromatic heterocycles. The van der Waals surface area contributed by atoms with Crippen LogP contribution in [-0.2, 0) is 9.59 Å². The van der Waals surface area contributed by atoms with E-state index in [1.165, 1.54) is 0 Å². The number of urea groups is 1. The van der Waals surface area contributed by atoms with Crippen molar-refractivity contribution < 1.29 is 14.4 Å². The molecule has 1 rings (SSSR count). The summed E-state index contributed by atoms with van der Waals surface area (Å²) in [6, 6.07) is -0.496. The lowest BCUT2D eigenvalue weighted by molar-refractivity contribution is -0.124. The van der Waals surface area contributed by atoms with Crippen molar-refractivity contribution in [2.45, 2.75) is 38.3 Å². The number of hydrogen-bond acceptors (Lipinski definition) is 3. The Bertz CT molecular complexity index is 314. The minimum Gasteiger partial charge on any atom is -0.354 e. The van der Waals surface area contributed by atoms with Crippen LogP contribution >= 0.6 is 0 Å². The second-order valence-electron chi connectivity index (χ2n) is 4.56. The quantitative estimate of drug-likeness (QED) is 0.434. The molecule has 1 fully saturated rings. The predicted octanol–water partition coefficient (Wildman–Crippen LogP) is -0.501. The van der Waals surface area contributed by atoms with Gasteiger partial charge >= 0.3 is 6.03 Å². The predicted molar refractivity (Wildman–Crippen MR) is 53.0 cm³/mol. The third kappa shape index (κ3) is 2.45. The van der Waals surface area contributed by atoms with Gasteiger partial charge in [-0.25, -0.2) is 4.79 Å². The van der Waals surface area contributed by atoms with Crippen LogP contribution in [0.25, 0.3) is 0 Å². The summed E-state index contributed by atoms with van der Waals surface area (Å²) in [5, 5.41) is 7.30. The summed E-state index contributed by atoms with van der Waals surface area (Å²) in [4.78, 5) is 32.8. The Labute approximate surface area is 87.8 Å². The molecule has 84 valence electrons. The maximum absolute atomic E-state index is 11.5. The molecular formula is C9H15N3O3. The van der Waals surface area contributed by atoms with Gasteiger partial charge in [0.25, 0.3) is 5.91 Å². The van der Waals surface area contributed by atoms with Gasteiger partial charge in [-0.3, -0.25) is 14.9 Å². The largest absolute Gasteiger partial charge is 0.354 e. The molecule has 6 nitrogen and oxygen atoms in total. The van der Waals surface area contributed by atoms with Crippen LogP contribution in [-0.4, -0.2) is 29.4 Å². The first-order valence-electron chi connectivity index (χ1n) is 4.64. The molecule has 1 aliphatic heterocycles. The molecule has 1 aliphatic rings. The minimum atomic E-state index is -0.962. The molecule has 1 heterocycles. The third-order valence-corrected chi connectivity index (χ3v) is 2.36. The maximum Gasteiger partial charge on any atom is 0.322 e. The summed E-state index contributed by atoms with van der Waals surface area (Å²) in [6.07, 6.45) is 0.911. The fourth-order valence-electron chi connectivity index (χ4n) is 1.80. The standard InChI is InChI=1S/C9H15N3O3/c1-8(2,10-5-13)4-9(3)6(14)11-7(15)12-9/h5H,4H2,1-3H3,(H,10,13)(H2,11,12,14,15). The first-order chi connectivity index (χ1) is 6.79. The van der Waals surface area contributed by atoms with Crippen molar-refractivity contribution in [1.29, 1.82) is 0 Å². The van der Waals surface area contributed by atoms with E-state index in [-0.39, 0.29) is 5.91 Å². The van der Waals surface area contributed by atoms with Crippen LogP contribution < -0.4 is 16.0 Å². The lowest BCUT2D eigenvalue weighted by Gasteiger charge is -2.32. The molecule has 0 bridgehead atoms. The highest BCUT2D eigenvalue weighted by Crippen LogP contribution is 2.22. The number of imide groups is 1. The highest BCUT2D eigenvalue weighted by molar-refractivity contribution is 6.06. The average molecular weight is 213 g/mol. The molecule has 15 heavy (non-hydrogen) atoms. The van der Waals surface area contributed by atoms with Crippen LogP contribution in [0.3, 0.4) is 0 Å². The van der Waals surface area contributed by atoms with E-state index in [2.05, 4.69) is 16.0 Å². The van der Waals surface area contributed by atoms with Gasteiger partial charge in [-0.15, -0.1) is 0 Å². The summed E-state index contributed by atoms with van der Waals surface area (Å²) in [7, 11) is 0. The van der Waals surface area contributed by atoms with Crippen LogP contribution in [0.1, 0.15) is 27.2 Å². The molecular weight excluding hydrogens is 198 g/mol. The fraction of sp³-hybridized carbons (Fsp3) is 0.667. The topological polar surface area (TPSA) is 87.3 Å². The summed E-state index contributed by atoms with van der Waals surface area (Å²) < 4.78 is 0. The van der Waals surface area contributed by atoms with Crippen molar-refractivity contribution in [1.82, 2.24) is 16.0 Å². The van der Waals surface area contributed by atoms with E-state index in [1.54, 1.807) is 20.8 Å². The van der Waals surface area contributed by atoms with Gasteiger partial charge in [-0.2, -0.15) is 0 Å². The zero-order valence-corrected chi connectivity index (χ0v) is 9.01. The van der Waals surface area contributed by atoms with Gasteiger partial charge in [-0.05, 0) is 20.8 Å². The molecule has 0 aromatic carbocycles. The maximum atomic E-state index is 11.5. The summed E-state index contributed by atoms with van der Waals surface area (Å²) >= 11 is 0. The highest BCUT2D eigenvalue weighted by Gasteiger charge is 2.45. The normalized spacial score (nSPS) is 25.8. The molecule has 0 aliphatic carbocycles. The second kappa shape index (κ2) is 3.52. The van der Waals surface area contributed by atoms with Crippen molar-refractivity contribution in [3.8, 4) is 0 Å². The molecule has 1 atom stereocenters. The van der Waals surface area contributed by atoms with E-state index < -0.39 is 17.1 Å². The van der Waals surface area contributed by atoms with Gasteiger partial charge in [0.1, 0.15) is 5.54 Å². The Morgan fingerprint density at radius 1 is 1.47 bits per heavy atom. The van der Waals surface area contributed by atoms with Crippen molar-refractivity contribution >= 4 is 18.3 Å². The molecule has 0 aromatic rings. The molecule has 0 spiro atoms. The van der Waals surface area contributed by atoms with E-state index in [0.29, 0.717) is 12.8 Å². The van der Waals surface area contributed by atoms with Crippen LogP contribution in [0.15, 0.2) is 0 Å². The Kier molecular flexibility index (Phi) is 2.70. The zero-order valence-electron chi connectivity index (χ0n) is 9.01. The smallest absolute Gasteiger partial charge is 0.322 e. The molecule has 4 amide bonds. The Balaban J connectivity index is 2.76. The second-order valence-corrected chi connectivity index (χ2v) is 4.56. The first kappa shape index (κ1) is 11.5. The van der Waals surface area contributed by atoms with E-state index in [9.17, 15) is 14.4 Å². The Morgan fingerprint density at radius 2 is 2.07 bits per heavy atom. The van der Waals surface area contributed by atoms with E-state index >= 15 is 0 Å². The number of amides is 4. The minimum absolute atomic E-state index is 0.330. The van der Waals surface area contributed by atoms with Gasteiger partial charge in [0.2, 0.25) is 6.41 Å². The SMILES string of the molecule is CC(C)(CC1(C)NC(=O)NC1=O)NC=O. The molecule has 0 radical (unpaired) electrons. The number of rotatable bonds is 4. The van der Waals surface area contributed by atoms with Crippen molar-refractivity contribution in [3.63, 3.8) is 0 Å². The van der Waals surface area contributed by atoms with Crippen LogP contribution in [0.5, 0.6) is 0 Å². The third-order valence-electron chi connectivity index (χ3n) is 2.36. The average Bonchev–Trinajstić information content (AvgIpc) is 2.23. The van der Waals surface area contributed by atoms with Gasteiger partial charge in [-0.1, -0.05) is 0 Å². The number of hydrogen-bond donors (Lipinski definition) is 3. The van der Waals surface area contributed by atoms with Crippen LogP contribution in [0, 0.1) is 0 Å². The van der Waals surface area contributed by atoms with Crippen molar-refractivity contribution in [3.05, 3.63) is 0 Å². The fourth-order valence-corrected chi connectivity index (χ4v) is 1.80. The van der Waals surface area contributed by atoms with Gasteiger partial charge in [0, 0.05) is 12.0 Å². The van der Waals surface area contributed by atoms with Crippen LogP contribution in [0.4, 0.5) is 4.79 Å². The summed E-state index contributed by atoms with van der Waals surface area (Å²) in [6.45, 7) is 5.19. The van der Waals surface area contributed by atoms with Crippen LogP contribution in [0.2, 0.25) is 0 Å². The highest BCUT2D eigenvalue weighted by atomic mass is 16.2. The number of nitrogens with one attached hydrogen (secondary N) is 3. The Morgan fingerprint density at radius 3 is 2.47 bits per heavy atom. The lowest BCUT2D eigenvalue weighted by Crippen LogP contribution is -2.53. The molecule has 6 heteroatoms. The van der Waals surface area contributed by atoms with E-state index in [4.69, 9.17) is 0 Å². The first-order valence-corrected chi connectivity index (χ1v) is 4.64. The molecule has 1 unspecified atom stereocenters. The molecule has 1 saturated heterocycles. The number of carbonyl (C=O) groups is 3. The monoisotopic (exact) mass is 213 g/mol. The zero-order chi connectivity index (χ0) is 11.7. The molecule has 3 N–H and O–H groups in total. The van der Waals surface area contributed by atoms with Crippen molar-refractivity contribution in [2.24, 2.45) is 0 Å². The summed E-state index contributed by atoms with van der Waals surface area (Å²) in [5.74, 6) is -0.367. The van der Waals surface area contributed by atoms with E-state index in [1.807, 2.05) is 0 Å². The number of carbonyl (C=O) groups excluding carboxylic acids is 3. The van der Waals surface area contributed by atoms with Gasteiger partial charge < -0.3 is 10.6 Å². The van der Waals surface area contributed by atoms with Gasteiger partial charge in [0.05, 0.1) is 0 Å². The van der Waals surface area contributed by atoms with Gasteiger partial charge in [0.15, 0.2) is 0 Å². The summed E-state index contributed by atoms with van der Waals surface area (Å²) in [5.41, 5.74) is -1.51. The van der Waals surface area contributed by atoms with Crippen molar-refractivity contribution in [2.75, 3.05) is 0 Å². The van der Waals surface area contributed by atoms with E-state index in [0.717, 1.165) is 0 Å². The molecule has 0 saturated carbocycles. The Hall–Kier alpha value is -1.59. The lowest BCUT2D eigenvalue weighted by atomic mass is 9.86.